The first-order valence-corrected chi connectivity index (χ1v) is 16.4. The first-order chi connectivity index (χ1) is 23.8. The molecule has 2 aromatic heterocycles. The molecule has 0 saturated heterocycles. The molecule has 0 amide bonds. The van der Waals surface area contributed by atoms with Crippen LogP contribution in [0.4, 0.5) is 0 Å². The quantitative estimate of drug-likeness (QED) is 0.194. The molecule has 2 nitrogen and oxygen atoms in total. The van der Waals surface area contributed by atoms with E-state index >= 15 is 0 Å². The number of hydrogen-bond acceptors (Lipinski definition) is 1. The summed E-state index contributed by atoms with van der Waals surface area (Å²) in [5, 5.41) is 7.15. The first kappa shape index (κ1) is 26.8. The van der Waals surface area contributed by atoms with E-state index in [0.717, 1.165) is 33.0 Å². The molecule has 2 heterocycles. The van der Waals surface area contributed by atoms with Gasteiger partial charge in [-0.25, -0.2) is 0 Å². The van der Waals surface area contributed by atoms with Crippen molar-refractivity contribution in [3.63, 3.8) is 0 Å². The van der Waals surface area contributed by atoms with E-state index in [0.29, 0.717) is 0 Å². The second kappa shape index (κ2) is 10.6. The number of furan rings is 1. The third-order valence-electron chi connectivity index (χ3n) is 9.73. The van der Waals surface area contributed by atoms with Crippen molar-refractivity contribution in [2.75, 3.05) is 0 Å². The van der Waals surface area contributed by atoms with Gasteiger partial charge < -0.3 is 8.98 Å². The lowest BCUT2D eigenvalue weighted by molar-refractivity contribution is 0.669. The van der Waals surface area contributed by atoms with E-state index in [-0.39, 0.29) is 0 Å². The Morgan fingerprint density at radius 3 is 1.71 bits per heavy atom. The van der Waals surface area contributed by atoms with Gasteiger partial charge in [-0.2, -0.15) is 0 Å². The van der Waals surface area contributed by atoms with Crippen LogP contribution in [-0.2, 0) is 0 Å². The van der Waals surface area contributed by atoms with Gasteiger partial charge in [0.1, 0.15) is 11.2 Å². The van der Waals surface area contributed by atoms with Crippen molar-refractivity contribution < 1.29 is 4.42 Å². The zero-order valence-corrected chi connectivity index (χ0v) is 26.1. The molecule has 10 rings (SSSR count). The van der Waals surface area contributed by atoms with Crippen molar-refractivity contribution in [2.24, 2.45) is 0 Å². The topological polar surface area (TPSA) is 18.1 Å². The highest BCUT2D eigenvalue weighted by atomic mass is 16.3. The SMILES string of the molecule is c1ccc(-c2cc(-c3ccccc3)cc(-c3cccc(-n4c5ccccc5c5ccc6cc7oc8ccccc8c7cc6c54)c3)c2)cc1. The van der Waals surface area contributed by atoms with Gasteiger partial charge in [0, 0.05) is 32.6 Å². The lowest BCUT2D eigenvalue weighted by Crippen LogP contribution is -1.95. The Hall–Kier alpha value is -6.38. The highest BCUT2D eigenvalue weighted by Crippen LogP contribution is 2.41. The van der Waals surface area contributed by atoms with Gasteiger partial charge in [0.25, 0.3) is 0 Å². The smallest absolute Gasteiger partial charge is 0.136 e. The normalized spacial score (nSPS) is 11.8. The maximum atomic E-state index is 6.29. The number of benzene rings is 8. The van der Waals surface area contributed by atoms with E-state index in [9.17, 15) is 0 Å². The van der Waals surface area contributed by atoms with Crippen molar-refractivity contribution in [1.29, 1.82) is 0 Å². The average Bonchev–Trinajstić information content (AvgIpc) is 3.70. The number of para-hydroxylation sites is 2. The van der Waals surface area contributed by atoms with Crippen LogP contribution in [0.1, 0.15) is 0 Å². The van der Waals surface area contributed by atoms with Crippen LogP contribution >= 0.6 is 0 Å². The van der Waals surface area contributed by atoms with Crippen molar-refractivity contribution in [2.45, 2.75) is 0 Å². The second-order valence-corrected chi connectivity index (χ2v) is 12.6. The van der Waals surface area contributed by atoms with Crippen LogP contribution in [0.2, 0.25) is 0 Å². The molecular weight excluding hydrogens is 583 g/mol. The van der Waals surface area contributed by atoms with Crippen LogP contribution in [0.5, 0.6) is 0 Å². The number of fused-ring (bicyclic) bond motifs is 8. The van der Waals surface area contributed by atoms with E-state index in [1.807, 2.05) is 12.1 Å². The van der Waals surface area contributed by atoms with Crippen LogP contribution in [0.3, 0.4) is 0 Å². The summed E-state index contributed by atoms with van der Waals surface area (Å²) in [5.41, 5.74) is 12.6. The van der Waals surface area contributed by atoms with Gasteiger partial charge in [0.05, 0.1) is 11.0 Å². The zero-order chi connectivity index (χ0) is 31.6. The molecule has 224 valence electrons. The van der Waals surface area contributed by atoms with Gasteiger partial charge >= 0.3 is 0 Å². The third kappa shape index (κ3) is 4.20. The number of rotatable bonds is 4. The van der Waals surface area contributed by atoms with Crippen molar-refractivity contribution in [3.05, 3.63) is 176 Å². The van der Waals surface area contributed by atoms with Crippen LogP contribution < -0.4 is 0 Å². The largest absolute Gasteiger partial charge is 0.456 e. The van der Waals surface area contributed by atoms with Crippen molar-refractivity contribution in [3.8, 4) is 39.1 Å². The average molecular weight is 612 g/mol. The molecule has 0 radical (unpaired) electrons. The third-order valence-corrected chi connectivity index (χ3v) is 9.73. The van der Waals surface area contributed by atoms with Gasteiger partial charge in [0.2, 0.25) is 0 Å². The molecule has 0 aliphatic heterocycles. The molecular formula is C46H29NO. The molecule has 2 heteroatoms. The lowest BCUT2D eigenvalue weighted by atomic mass is 9.93. The Balaban J connectivity index is 1.23. The van der Waals surface area contributed by atoms with Gasteiger partial charge in [0.15, 0.2) is 0 Å². The molecule has 0 atom stereocenters. The number of aromatic nitrogens is 1. The van der Waals surface area contributed by atoms with Crippen LogP contribution in [0.15, 0.2) is 180 Å². The Kier molecular flexibility index (Phi) is 5.91. The Labute approximate surface area is 277 Å². The predicted molar refractivity (Wildman–Crippen MR) is 202 cm³/mol. The van der Waals surface area contributed by atoms with Crippen LogP contribution in [0, 0.1) is 0 Å². The molecule has 8 aromatic carbocycles. The fraction of sp³-hybridized carbons (Fsp3) is 0. The van der Waals surface area contributed by atoms with E-state index < -0.39 is 0 Å². The van der Waals surface area contributed by atoms with E-state index in [1.165, 1.54) is 60.6 Å². The molecule has 0 unspecified atom stereocenters. The Morgan fingerprint density at radius 1 is 0.333 bits per heavy atom. The molecule has 0 fully saturated rings. The molecule has 0 aliphatic rings. The van der Waals surface area contributed by atoms with Gasteiger partial charge in [-0.3, -0.25) is 0 Å². The number of hydrogen-bond donors (Lipinski definition) is 0. The van der Waals surface area contributed by atoms with E-state index in [4.69, 9.17) is 4.42 Å². The lowest BCUT2D eigenvalue weighted by Gasteiger charge is -2.14. The predicted octanol–water partition coefficient (Wildman–Crippen LogP) is 12.8. The van der Waals surface area contributed by atoms with Gasteiger partial charge in [-0.15, -0.1) is 0 Å². The highest BCUT2D eigenvalue weighted by molar-refractivity contribution is 6.22. The zero-order valence-electron chi connectivity index (χ0n) is 26.1. The molecule has 10 aromatic rings. The van der Waals surface area contributed by atoms with Gasteiger partial charge in [-0.1, -0.05) is 121 Å². The molecule has 48 heavy (non-hydrogen) atoms. The summed E-state index contributed by atoms with van der Waals surface area (Å²) in [6, 6.07) is 63.4. The maximum Gasteiger partial charge on any atom is 0.136 e. The summed E-state index contributed by atoms with van der Waals surface area (Å²) in [7, 11) is 0. The standard InChI is InChI=1S/C46H29NO/c1-3-12-30(13-4-1)34-24-35(31-14-5-2-6-15-31)26-36(25-34)32-16-11-17-37(27-32)47-43-20-9-7-18-38(43)40-23-22-33-28-45-42(29-41(33)46(40)47)39-19-8-10-21-44(39)48-45/h1-29H. The summed E-state index contributed by atoms with van der Waals surface area (Å²) in [6.07, 6.45) is 0. The Bertz CT molecular complexity index is 2760. The van der Waals surface area contributed by atoms with Crippen molar-refractivity contribution >= 4 is 54.5 Å². The fourth-order valence-corrected chi connectivity index (χ4v) is 7.48. The molecule has 0 saturated carbocycles. The number of nitrogens with zero attached hydrogens (tertiary/aromatic N) is 1. The summed E-state index contributed by atoms with van der Waals surface area (Å²) in [6.45, 7) is 0. The molecule has 0 bridgehead atoms. The minimum absolute atomic E-state index is 0.917. The van der Waals surface area contributed by atoms with E-state index in [2.05, 4.69) is 168 Å². The molecule has 0 aliphatic carbocycles. The fourth-order valence-electron chi connectivity index (χ4n) is 7.48. The summed E-state index contributed by atoms with van der Waals surface area (Å²) < 4.78 is 8.74. The Morgan fingerprint density at radius 2 is 0.958 bits per heavy atom. The second-order valence-electron chi connectivity index (χ2n) is 12.6. The monoisotopic (exact) mass is 611 g/mol. The highest BCUT2D eigenvalue weighted by Gasteiger charge is 2.18. The minimum atomic E-state index is 0.917. The summed E-state index contributed by atoms with van der Waals surface area (Å²) in [5.74, 6) is 0. The van der Waals surface area contributed by atoms with E-state index in [1.54, 1.807) is 0 Å². The minimum Gasteiger partial charge on any atom is -0.456 e. The van der Waals surface area contributed by atoms with Crippen LogP contribution in [-0.4, -0.2) is 4.57 Å². The molecule has 0 spiro atoms. The summed E-state index contributed by atoms with van der Waals surface area (Å²) in [4.78, 5) is 0. The van der Waals surface area contributed by atoms with Crippen LogP contribution in [0.25, 0.3) is 93.6 Å². The maximum absolute atomic E-state index is 6.29. The molecule has 0 N–H and O–H groups in total. The first-order valence-electron chi connectivity index (χ1n) is 16.4. The van der Waals surface area contributed by atoms with Crippen molar-refractivity contribution in [1.82, 2.24) is 4.57 Å². The van der Waals surface area contributed by atoms with Gasteiger partial charge in [-0.05, 0) is 93.4 Å². The summed E-state index contributed by atoms with van der Waals surface area (Å²) >= 11 is 0.